The number of rotatable bonds is 5. The smallest absolute Gasteiger partial charge is 0.335 e. The number of aromatic carboxylic acids is 1. The van der Waals surface area contributed by atoms with Crippen LogP contribution in [0.3, 0.4) is 0 Å². The normalized spacial score (nSPS) is 14.5. The monoisotopic (exact) mass is 329 g/mol. The van der Waals surface area contributed by atoms with Crippen LogP contribution in [0, 0.1) is 0 Å². The van der Waals surface area contributed by atoms with Gasteiger partial charge in [-0.15, -0.1) is 0 Å². The Morgan fingerprint density at radius 2 is 1.96 bits per heavy atom. The van der Waals surface area contributed by atoms with Crippen LogP contribution in [0.1, 0.15) is 33.5 Å². The third-order valence-electron chi connectivity index (χ3n) is 4.43. The molecule has 1 heterocycles. The summed E-state index contributed by atoms with van der Waals surface area (Å²) < 4.78 is 0. The topological polar surface area (TPSA) is 40.5 Å². The molecule has 1 N–H and O–H groups in total. The Morgan fingerprint density at radius 1 is 1.17 bits per heavy atom. The van der Waals surface area contributed by atoms with Crippen molar-refractivity contribution in [2.75, 3.05) is 13.1 Å². The summed E-state index contributed by atoms with van der Waals surface area (Å²) in [5.74, 6) is -0.821. The maximum absolute atomic E-state index is 11.3. The number of carboxylic acids is 1. The molecule has 4 heteroatoms. The summed E-state index contributed by atoms with van der Waals surface area (Å²) in [4.78, 5) is 13.7. The molecule has 0 unspecified atom stereocenters. The summed E-state index contributed by atoms with van der Waals surface area (Å²) >= 11 is 5.90. The lowest BCUT2D eigenvalue weighted by molar-refractivity contribution is 0.0694. The van der Waals surface area contributed by atoms with Gasteiger partial charge in [-0.2, -0.15) is 0 Å². The van der Waals surface area contributed by atoms with Gasteiger partial charge in [0.2, 0.25) is 0 Å². The van der Waals surface area contributed by atoms with Crippen LogP contribution in [0.15, 0.2) is 42.5 Å². The fourth-order valence-corrected chi connectivity index (χ4v) is 3.34. The van der Waals surface area contributed by atoms with Crippen molar-refractivity contribution < 1.29 is 9.90 Å². The SMILES string of the molecule is O=C(O)c1cccc2c1CCN(CCCc1ccc(Cl)cc1)C2. The van der Waals surface area contributed by atoms with Crippen molar-refractivity contribution in [2.45, 2.75) is 25.8 Å². The second-order valence-electron chi connectivity index (χ2n) is 6.00. The van der Waals surface area contributed by atoms with Gasteiger partial charge in [0.15, 0.2) is 0 Å². The Kier molecular flexibility index (Phi) is 4.99. The largest absolute Gasteiger partial charge is 0.478 e. The molecular weight excluding hydrogens is 310 g/mol. The zero-order valence-electron chi connectivity index (χ0n) is 13.0. The summed E-state index contributed by atoms with van der Waals surface area (Å²) in [5, 5.41) is 10.0. The van der Waals surface area contributed by atoms with Crippen LogP contribution < -0.4 is 0 Å². The first-order chi connectivity index (χ1) is 11.1. The Bertz CT molecular complexity index is 697. The number of fused-ring (bicyclic) bond motifs is 1. The second kappa shape index (κ2) is 7.16. The number of carbonyl (C=O) groups is 1. The number of halogens is 1. The summed E-state index contributed by atoms with van der Waals surface area (Å²) in [6.07, 6.45) is 2.95. The lowest BCUT2D eigenvalue weighted by atomic mass is 9.94. The van der Waals surface area contributed by atoms with Crippen LogP contribution >= 0.6 is 11.6 Å². The molecule has 0 aliphatic carbocycles. The molecule has 3 rings (SSSR count). The quantitative estimate of drug-likeness (QED) is 0.900. The van der Waals surface area contributed by atoms with Crippen LogP contribution in [0.25, 0.3) is 0 Å². The molecule has 0 aromatic heterocycles. The molecule has 120 valence electrons. The Hall–Kier alpha value is -1.84. The zero-order chi connectivity index (χ0) is 16.2. The fourth-order valence-electron chi connectivity index (χ4n) is 3.22. The van der Waals surface area contributed by atoms with Gasteiger partial charge in [0.25, 0.3) is 0 Å². The highest BCUT2D eigenvalue weighted by molar-refractivity contribution is 6.30. The van der Waals surface area contributed by atoms with E-state index >= 15 is 0 Å². The molecule has 1 aliphatic heterocycles. The van der Waals surface area contributed by atoms with Gasteiger partial charge in [0, 0.05) is 18.1 Å². The number of benzene rings is 2. The first-order valence-electron chi connectivity index (χ1n) is 7.94. The molecular formula is C19H20ClNO2. The molecule has 0 bridgehead atoms. The van der Waals surface area contributed by atoms with Crippen molar-refractivity contribution in [1.29, 1.82) is 0 Å². The standard InChI is InChI=1S/C19H20ClNO2/c20-16-8-6-14(7-9-16)3-2-11-21-12-10-17-15(13-21)4-1-5-18(17)19(22)23/h1,4-9H,2-3,10-13H2,(H,22,23). The minimum atomic E-state index is -0.821. The summed E-state index contributed by atoms with van der Waals surface area (Å²) in [7, 11) is 0. The number of hydrogen-bond donors (Lipinski definition) is 1. The van der Waals surface area contributed by atoms with Crippen molar-refractivity contribution >= 4 is 17.6 Å². The zero-order valence-corrected chi connectivity index (χ0v) is 13.7. The number of aryl methyl sites for hydroxylation is 1. The fraction of sp³-hybridized carbons (Fsp3) is 0.316. The first-order valence-corrected chi connectivity index (χ1v) is 8.32. The maximum atomic E-state index is 11.3. The minimum Gasteiger partial charge on any atom is -0.478 e. The molecule has 0 amide bonds. The van der Waals surface area contributed by atoms with Gasteiger partial charge in [-0.05, 0) is 60.7 Å². The van der Waals surface area contributed by atoms with Gasteiger partial charge in [0.05, 0.1) is 5.56 Å². The van der Waals surface area contributed by atoms with E-state index < -0.39 is 5.97 Å². The molecule has 1 aliphatic rings. The van der Waals surface area contributed by atoms with Gasteiger partial charge in [0.1, 0.15) is 0 Å². The highest BCUT2D eigenvalue weighted by Crippen LogP contribution is 2.23. The predicted molar refractivity (Wildman–Crippen MR) is 92.2 cm³/mol. The summed E-state index contributed by atoms with van der Waals surface area (Å²) in [6, 6.07) is 13.6. The Morgan fingerprint density at radius 3 is 2.70 bits per heavy atom. The van der Waals surface area contributed by atoms with E-state index in [0.29, 0.717) is 5.56 Å². The Balaban J connectivity index is 1.56. The summed E-state index contributed by atoms with van der Waals surface area (Å²) in [5.41, 5.74) is 3.93. The van der Waals surface area contributed by atoms with Crippen LogP contribution in [-0.4, -0.2) is 29.1 Å². The third kappa shape index (κ3) is 3.92. The van der Waals surface area contributed by atoms with E-state index in [-0.39, 0.29) is 0 Å². The van der Waals surface area contributed by atoms with E-state index in [0.717, 1.165) is 55.0 Å². The van der Waals surface area contributed by atoms with E-state index in [1.165, 1.54) is 5.56 Å². The summed E-state index contributed by atoms with van der Waals surface area (Å²) in [6.45, 7) is 2.80. The molecule has 2 aromatic rings. The molecule has 0 saturated carbocycles. The van der Waals surface area contributed by atoms with E-state index in [1.807, 2.05) is 24.3 Å². The minimum absolute atomic E-state index is 0.461. The number of carboxylic acid groups (broad SMARTS) is 1. The average Bonchev–Trinajstić information content (AvgIpc) is 2.56. The van der Waals surface area contributed by atoms with E-state index in [9.17, 15) is 9.90 Å². The van der Waals surface area contributed by atoms with E-state index in [1.54, 1.807) is 6.07 Å². The third-order valence-corrected chi connectivity index (χ3v) is 4.68. The number of hydrogen-bond acceptors (Lipinski definition) is 2. The maximum Gasteiger partial charge on any atom is 0.335 e. The van der Waals surface area contributed by atoms with Crippen molar-refractivity contribution in [3.63, 3.8) is 0 Å². The van der Waals surface area contributed by atoms with E-state index in [4.69, 9.17) is 11.6 Å². The molecule has 23 heavy (non-hydrogen) atoms. The first kappa shape index (κ1) is 16.0. The predicted octanol–water partition coefficient (Wildman–Crippen LogP) is 4.03. The van der Waals surface area contributed by atoms with Crippen molar-refractivity contribution in [3.8, 4) is 0 Å². The van der Waals surface area contributed by atoms with Crippen LogP contribution in [0.2, 0.25) is 5.02 Å². The van der Waals surface area contributed by atoms with Gasteiger partial charge >= 0.3 is 5.97 Å². The van der Waals surface area contributed by atoms with Crippen LogP contribution in [0.5, 0.6) is 0 Å². The number of nitrogens with zero attached hydrogens (tertiary/aromatic N) is 1. The van der Waals surface area contributed by atoms with Gasteiger partial charge in [-0.1, -0.05) is 35.9 Å². The van der Waals surface area contributed by atoms with Crippen molar-refractivity contribution in [3.05, 3.63) is 69.7 Å². The van der Waals surface area contributed by atoms with Crippen LogP contribution in [0.4, 0.5) is 0 Å². The van der Waals surface area contributed by atoms with Gasteiger partial charge in [-0.3, -0.25) is 4.90 Å². The van der Waals surface area contributed by atoms with Crippen molar-refractivity contribution in [1.82, 2.24) is 4.90 Å². The molecule has 0 spiro atoms. The molecule has 0 fully saturated rings. The lowest BCUT2D eigenvalue weighted by Gasteiger charge is -2.29. The molecule has 2 aromatic carbocycles. The van der Waals surface area contributed by atoms with Crippen molar-refractivity contribution in [2.24, 2.45) is 0 Å². The Labute approximate surface area is 141 Å². The molecule has 0 saturated heterocycles. The highest BCUT2D eigenvalue weighted by Gasteiger charge is 2.20. The highest BCUT2D eigenvalue weighted by atomic mass is 35.5. The van der Waals surface area contributed by atoms with E-state index in [2.05, 4.69) is 17.0 Å². The molecule has 0 atom stereocenters. The second-order valence-corrected chi connectivity index (χ2v) is 6.44. The average molecular weight is 330 g/mol. The van der Waals surface area contributed by atoms with Crippen LogP contribution in [-0.2, 0) is 19.4 Å². The molecule has 0 radical (unpaired) electrons. The molecule has 3 nitrogen and oxygen atoms in total. The van der Waals surface area contributed by atoms with Gasteiger partial charge in [-0.25, -0.2) is 4.79 Å². The lowest BCUT2D eigenvalue weighted by Crippen LogP contribution is -2.32. The van der Waals surface area contributed by atoms with Gasteiger partial charge < -0.3 is 5.11 Å².